The van der Waals surface area contributed by atoms with Crippen molar-refractivity contribution in [2.24, 2.45) is 0 Å². The van der Waals surface area contributed by atoms with Crippen molar-refractivity contribution < 1.29 is 11.3 Å². The van der Waals surface area contributed by atoms with E-state index in [0.29, 0.717) is 6.42 Å². The maximum atomic E-state index is 10.2. The van der Waals surface area contributed by atoms with Crippen LogP contribution in [0.4, 0.5) is 4.79 Å². The number of carboxylic acid groups (broad SMARTS) is 1. The zero-order valence-electron chi connectivity index (χ0n) is 9.19. The number of quaternary nitrogens is 1. The smallest absolute Gasteiger partial charge is 0.342 e. The Kier molecular flexibility index (Phi) is 4.50. The monoisotopic (exact) mass is 197 g/mol. The molecule has 0 fully saturated rings. The van der Waals surface area contributed by atoms with Crippen LogP contribution >= 0.6 is 0 Å². The Hall–Kier alpha value is -1.55. The first-order valence-corrected chi connectivity index (χ1v) is 4.20. The molecule has 0 aliphatic heterocycles. The van der Waals surface area contributed by atoms with Crippen LogP contribution in [0.2, 0.25) is 1.41 Å². The number of rotatable bonds is 3. The van der Waals surface area contributed by atoms with Crippen LogP contribution in [0.5, 0.6) is 0 Å². The second kappa shape index (κ2) is 5.99. The van der Waals surface area contributed by atoms with Crippen molar-refractivity contribution in [3.63, 3.8) is 0 Å². The largest absolute Gasteiger partial charge is 0.530 e. The lowest BCUT2D eigenvalue weighted by molar-refractivity contribution is -0.251. The number of hydrogen-bond acceptors (Lipinski definition) is 2. The van der Waals surface area contributed by atoms with Gasteiger partial charge in [-0.1, -0.05) is 30.3 Å². The molecule has 5 N–H and O–H groups in total. The summed E-state index contributed by atoms with van der Waals surface area (Å²) < 4.78 is 5.50. The minimum atomic E-state index is -1.22. The van der Waals surface area contributed by atoms with Crippen molar-refractivity contribution in [1.29, 1.82) is 0 Å². The van der Waals surface area contributed by atoms with Gasteiger partial charge in [-0.3, -0.25) is 0 Å². The Balaban J connectivity index is 0.000000921. The van der Waals surface area contributed by atoms with E-state index in [1.807, 2.05) is 37.3 Å². The van der Waals surface area contributed by atoms with Crippen LogP contribution in [-0.2, 0) is 6.42 Å². The maximum absolute atomic E-state index is 10.2. The van der Waals surface area contributed by atoms with E-state index in [4.69, 9.17) is 1.41 Å². The van der Waals surface area contributed by atoms with Gasteiger partial charge in [0.05, 0.1) is 0 Å². The lowest BCUT2D eigenvalue weighted by atomic mass is 10.1. The maximum Gasteiger partial charge on any atom is 0.342 e. The van der Waals surface area contributed by atoms with E-state index in [9.17, 15) is 9.90 Å². The first kappa shape index (κ1) is 10.5. The third-order valence-electron chi connectivity index (χ3n) is 1.75. The van der Waals surface area contributed by atoms with Crippen molar-refractivity contribution in [3.05, 3.63) is 35.9 Å². The van der Waals surface area contributed by atoms with Gasteiger partial charge >= 0.3 is 1.41 Å². The van der Waals surface area contributed by atoms with Crippen LogP contribution in [0, 0.1) is 0 Å². The molecule has 78 valence electrons. The molecule has 0 spiro atoms. The van der Waals surface area contributed by atoms with Crippen LogP contribution in [0.25, 0.3) is 0 Å². The molecule has 0 heterocycles. The van der Waals surface area contributed by atoms with Gasteiger partial charge in [-0.2, -0.15) is 0 Å². The molecule has 4 heteroatoms. The molecule has 1 aromatic rings. The number of amides is 1. The quantitative estimate of drug-likeness (QED) is 0.754. The molecule has 0 aliphatic carbocycles. The summed E-state index contributed by atoms with van der Waals surface area (Å²) in [6.07, 6.45) is 1.97. The Morgan fingerprint density at radius 1 is 1.57 bits per heavy atom. The second-order valence-electron chi connectivity index (χ2n) is 3.02. The third-order valence-corrected chi connectivity index (χ3v) is 1.75. The Morgan fingerprint density at radius 2 is 2.14 bits per heavy atom. The summed E-state index contributed by atoms with van der Waals surface area (Å²) >= 11 is 0. The number of carbonyl (C=O) groups excluding carboxylic acids is 1. The van der Waals surface area contributed by atoms with Gasteiger partial charge in [-0.15, -0.1) is 0 Å². The molecule has 1 aromatic carbocycles. The summed E-state index contributed by atoms with van der Waals surface area (Å²) in [5.41, 5.74) is 1.11. The standard InChI is InChI=1S/C10H13NO2.H3N/c1-8(11-10(12)13)7-9-5-3-2-4-6-9;/h2-6,8,11H,7H2,1H3,(H,12,13);1H3/i/hD. The highest BCUT2D eigenvalue weighted by atomic mass is 16.4. The van der Waals surface area contributed by atoms with Crippen LogP contribution in [0.1, 0.15) is 12.5 Å². The van der Waals surface area contributed by atoms with Gasteiger partial charge in [0.25, 0.3) is 0 Å². The van der Waals surface area contributed by atoms with Gasteiger partial charge in [0.15, 0.2) is 0 Å². The van der Waals surface area contributed by atoms with Crippen molar-refractivity contribution in [2.75, 3.05) is 0 Å². The van der Waals surface area contributed by atoms with Gasteiger partial charge < -0.3 is 21.4 Å². The highest BCUT2D eigenvalue weighted by Crippen LogP contribution is 2.01. The first-order valence-electron chi connectivity index (χ1n) is 4.90. The molecule has 1 amide bonds. The summed E-state index contributed by atoms with van der Waals surface area (Å²) in [6, 6.07) is 9.62. The predicted octanol–water partition coefficient (Wildman–Crippen LogP) is 0.927. The molecule has 1 atom stereocenters. The van der Waals surface area contributed by atoms with E-state index in [1.54, 1.807) is 0 Å². The minimum Gasteiger partial charge on any atom is -0.530 e. The second-order valence-corrected chi connectivity index (χ2v) is 3.02. The van der Waals surface area contributed by atoms with Crippen molar-refractivity contribution in [1.82, 2.24) is 11.5 Å². The van der Waals surface area contributed by atoms with E-state index in [0.717, 1.165) is 5.56 Å². The zero-order chi connectivity index (χ0) is 11.7. The number of hydrogen-bond donors (Lipinski definition) is 2. The fourth-order valence-corrected chi connectivity index (χ4v) is 1.22. The molecule has 0 saturated carbocycles. The molecule has 0 saturated heterocycles. The van der Waals surface area contributed by atoms with E-state index in [1.165, 1.54) is 0 Å². The zero-order valence-corrected chi connectivity index (χ0v) is 8.19. The normalized spacial score (nSPS) is 11.7. The summed E-state index contributed by atoms with van der Waals surface area (Å²) in [5, 5.41) is 12.5. The Labute approximate surface area is 85.0 Å². The van der Waals surface area contributed by atoms with Crippen LogP contribution in [0.3, 0.4) is 0 Å². The molecule has 4 nitrogen and oxygen atoms in total. The number of nitrogens with one attached hydrogen (secondary N) is 1. The van der Waals surface area contributed by atoms with Crippen molar-refractivity contribution in [2.45, 2.75) is 19.4 Å². The molecular formula is C10H16N2O2. The third kappa shape index (κ3) is 4.47. The van der Waals surface area contributed by atoms with Gasteiger partial charge in [0.1, 0.15) is 6.09 Å². The number of carbonyl (C=O) groups is 1. The highest BCUT2D eigenvalue weighted by molar-refractivity contribution is 5.62. The fourth-order valence-electron chi connectivity index (χ4n) is 1.22. The molecule has 14 heavy (non-hydrogen) atoms. The van der Waals surface area contributed by atoms with Crippen LogP contribution in [-0.4, -0.2) is 12.1 Å². The summed E-state index contributed by atoms with van der Waals surface area (Å²) in [7, 11) is 0. The van der Waals surface area contributed by atoms with Gasteiger partial charge in [-0.25, -0.2) is 0 Å². The van der Waals surface area contributed by atoms with Gasteiger partial charge in [0, 0.05) is 6.04 Å². The van der Waals surface area contributed by atoms with E-state index in [-0.39, 0.29) is 6.04 Å². The van der Waals surface area contributed by atoms with Crippen molar-refractivity contribution >= 4 is 6.09 Å². The molecular weight excluding hydrogens is 180 g/mol. The first-order chi connectivity index (χ1) is 7.18. The van der Waals surface area contributed by atoms with Gasteiger partial charge in [-0.05, 0) is 18.9 Å². The molecule has 0 radical (unpaired) electrons. The topological polar surface area (TPSA) is 88.7 Å². The van der Waals surface area contributed by atoms with Crippen LogP contribution < -0.4 is 16.6 Å². The van der Waals surface area contributed by atoms with E-state index >= 15 is 0 Å². The Bertz CT molecular complexity index is 280. The fraction of sp³-hybridized carbons (Fsp3) is 0.300. The van der Waals surface area contributed by atoms with Crippen LogP contribution in [0.15, 0.2) is 30.3 Å². The number of benzene rings is 1. The van der Waals surface area contributed by atoms with E-state index in [2.05, 4.69) is 11.5 Å². The summed E-state index contributed by atoms with van der Waals surface area (Å²) in [4.78, 5) is 10.2. The average Bonchev–Trinajstić information content (AvgIpc) is 2.21. The lowest BCUT2D eigenvalue weighted by Crippen LogP contribution is -2.42. The SMILES string of the molecule is CC(Cc1ccccc1)NC(=O)[O-].[2H][NH3+]. The molecule has 1 rings (SSSR count). The Morgan fingerprint density at radius 3 is 2.64 bits per heavy atom. The molecule has 0 bridgehead atoms. The molecule has 0 aromatic heterocycles. The van der Waals surface area contributed by atoms with Gasteiger partial charge in [0.2, 0.25) is 0 Å². The summed E-state index contributed by atoms with van der Waals surface area (Å²) in [6.45, 7) is 1.81. The summed E-state index contributed by atoms with van der Waals surface area (Å²) in [5.74, 6) is 0. The average molecular weight is 197 g/mol. The highest BCUT2D eigenvalue weighted by Gasteiger charge is 2.01. The lowest BCUT2D eigenvalue weighted by Gasteiger charge is -2.15. The predicted molar refractivity (Wildman–Crippen MR) is 54.1 cm³/mol. The molecule has 1 unspecified atom stereocenters. The van der Waals surface area contributed by atoms with Crippen molar-refractivity contribution in [3.8, 4) is 0 Å². The molecule has 0 aliphatic rings. The minimum absolute atomic E-state index is 0.104. The van der Waals surface area contributed by atoms with E-state index < -0.39 is 6.09 Å².